The minimum absolute atomic E-state index is 0.169. The van der Waals surface area contributed by atoms with Gasteiger partial charge in [-0.15, -0.1) is 0 Å². The standard InChI is InChI=1S/C48H34N4/c1-48(2)40-25-11-9-23-37(40)38-27-28-42-43(44(38)48)39-24-10-12-26-41(39)52(42)47-50-45(32-17-7-4-8-18-32)49-46(51-47)36-22-14-21-35(30-36)34-20-13-19-33(29-34)31-15-5-3-6-16-31/h3-30H,1-2H3. The lowest BCUT2D eigenvalue weighted by Gasteiger charge is -2.22. The van der Waals surface area contributed by atoms with Gasteiger partial charge in [0.15, 0.2) is 11.6 Å². The Hall–Kier alpha value is -6.65. The van der Waals surface area contributed by atoms with E-state index in [0.29, 0.717) is 17.6 Å². The molecule has 0 bridgehead atoms. The minimum Gasteiger partial charge on any atom is -0.278 e. The predicted molar refractivity (Wildman–Crippen MR) is 213 cm³/mol. The topological polar surface area (TPSA) is 43.6 Å². The first-order valence-corrected chi connectivity index (χ1v) is 17.8. The molecule has 0 atom stereocenters. The average Bonchev–Trinajstić information content (AvgIpc) is 3.67. The Kier molecular flexibility index (Phi) is 6.80. The van der Waals surface area contributed by atoms with E-state index in [9.17, 15) is 0 Å². The molecule has 4 nitrogen and oxygen atoms in total. The minimum atomic E-state index is -0.169. The Morgan fingerprint density at radius 3 is 1.73 bits per heavy atom. The van der Waals surface area contributed by atoms with Gasteiger partial charge in [0, 0.05) is 27.3 Å². The number of hydrogen-bond donors (Lipinski definition) is 0. The molecule has 1 aliphatic carbocycles. The number of aromatic nitrogens is 4. The molecule has 4 heteroatoms. The second kappa shape index (κ2) is 11.7. The Morgan fingerprint density at radius 2 is 0.981 bits per heavy atom. The van der Waals surface area contributed by atoms with Crippen molar-refractivity contribution in [1.82, 2.24) is 19.5 Å². The van der Waals surface area contributed by atoms with Crippen molar-refractivity contribution in [1.29, 1.82) is 0 Å². The van der Waals surface area contributed by atoms with Gasteiger partial charge in [-0.05, 0) is 68.8 Å². The van der Waals surface area contributed by atoms with Crippen LogP contribution in [0.25, 0.3) is 83.9 Å². The van der Waals surface area contributed by atoms with Crippen molar-refractivity contribution in [2.75, 3.05) is 0 Å². The summed E-state index contributed by atoms with van der Waals surface area (Å²) in [4.78, 5) is 15.6. The summed E-state index contributed by atoms with van der Waals surface area (Å²) in [6, 6.07) is 60.0. The Labute approximate surface area is 302 Å². The van der Waals surface area contributed by atoms with Gasteiger partial charge in [0.05, 0.1) is 11.0 Å². The van der Waals surface area contributed by atoms with Crippen molar-refractivity contribution in [3.05, 3.63) is 181 Å². The van der Waals surface area contributed by atoms with E-state index >= 15 is 0 Å². The van der Waals surface area contributed by atoms with Crippen molar-refractivity contribution in [2.24, 2.45) is 0 Å². The number of nitrogens with zero attached hydrogens (tertiary/aromatic N) is 4. The summed E-state index contributed by atoms with van der Waals surface area (Å²) in [5.74, 6) is 1.86. The molecule has 246 valence electrons. The van der Waals surface area contributed by atoms with E-state index in [1.807, 2.05) is 18.2 Å². The van der Waals surface area contributed by atoms with Crippen molar-refractivity contribution in [2.45, 2.75) is 19.3 Å². The highest BCUT2D eigenvalue weighted by molar-refractivity contribution is 6.14. The first-order chi connectivity index (χ1) is 25.5. The maximum absolute atomic E-state index is 5.28. The lowest BCUT2D eigenvalue weighted by Crippen LogP contribution is -2.15. The molecule has 0 fully saturated rings. The van der Waals surface area contributed by atoms with Gasteiger partial charge in [0.1, 0.15) is 0 Å². The molecular weight excluding hydrogens is 633 g/mol. The van der Waals surface area contributed by atoms with E-state index in [1.165, 1.54) is 44.2 Å². The summed E-state index contributed by atoms with van der Waals surface area (Å²) in [5.41, 5.74) is 13.8. The van der Waals surface area contributed by atoms with Crippen LogP contribution in [0.2, 0.25) is 0 Å². The number of para-hydroxylation sites is 1. The van der Waals surface area contributed by atoms with Crippen LogP contribution in [0, 0.1) is 0 Å². The van der Waals surface area contributed by atoms with Gasteiger partial charge >= 0.3 is 0 Å². The van der Waals surface area contributed by atoms with Gasteiger partial charge in [0.2, 0.25) is 5.95 Å². The largest absolute Gasteiger partial charge is 0.278 e. The molecule has 2 aromatic heterocycles. The Balaban J connectivity index is 1.19. The molecule has 9 aromatic rings. The Morgan fingerprint density at radius 1 is 0.423 bits per heavy atom. The first-order valence-electron chi connectivity index (χ1n) is 17.8. The monoisotopic (exact) mass is 666 g/mol. The van der Waals surface area contributed by atoms with E-state index in [1.54, 1.807) is 0 Å². The molecule has 0 unspecified atom stereocenters. The quantitative estimate of drug-likeness (QED) is 0.184. The van der Waals surface area contributed by atoms with Gasteiger partial charge in [-0.25, -0.2) is 4.98 Å². The van der Waals surface area contributed by atoms with Crippen LogP contribution >= 0.6 is 0 Å². The molecule has 0 N–H and O–H groups in total. The van der Waals surface area contributed by atoms with Crippen LogP contribution in [-0.4, -0.2) is 19.5 Å². The summed E-state index contributed by atoms with van der Waals surface area (Å²) in [7, 11) is 0. The predicted octanol–water partition coefficient (Wildman–Crippen LogP) is 11.9. The van der Waals surface area contributed by atoms with Gasteiger partial charge < -0.3 is 0 Å². The van der Waals surface area contributed by atoms with Crippen LogP contribution in [0.5, 0.6) is 0 Å². The molecule has 0 spiro atoms. The van der Waals surface area contributed by atoms with E-state index in [0.717, 1.165) is 33.3 Å². The molecule has 0 saturated heterocycles. The molecule has 0 radical (unpaired) electrons. The number of fused-ring (bicyclic) bond motifs is 7. The van der Waals surface area contributed by atoms with Crippen LogP contribution in [0.3, 0.4) is 0 Å². The summed E-state index contributed by atoms with van der Waals surface area (Å²) in [6.45, 7) is 4.70. The second-order valence-corrected chi connectivity index (χ2v) is 14.1. The highest BCUT2D eigenvalue weighted by Gasteiger charge is 2.38. The zero-order valence-corrected chi connectivity index (χ0v) is 29.0. The lowest BCUT2D eigenvalue weighted by molar-refractivity contribution is 0.666. The van der Waals surface area contributed by atoms with E-state index < -0.39 is 0 Å². The fourth-order valence-corrected chi connectivity index (χ4v) is 8.20. The molecule has 2 heterocycles. The highest BCUT2D eigenvalue weighted by Crippen LogP contribution is 2.53. The third-order valence-electron chi connectivity index (χ3n) is 10.6. The van der Waals surface area contributed by atoms with Crippen LogP contribution in [0.1, 0.15) is 25.0 Å². The first kappa shape index (κ1) is 30.2. The number of rotatable bonds is 5. The van der Waals surface area contributed by atoms with Crippen LogP contribution in [0.4, 0.5) is 0 Å². The summed E-state index contributed by atoms with van der Waals surface area (Å²) >= 11 is 0. The third-order valence-corrected chi connectivity index (χ3v) is 10.6. The molecule has 10 rings (SSSR count). The lowest BCUT2D eigenvalue weighted by atomic mass is 9.80. The smallest absolute Gasteiger partial charge is 0.238 e. The van der Waals surface area contributed by atoms with Crippen LogP contribution in [0.15, 0.2) is 170 Å². The molecule has 7 aromatic carbocycles. The van der Waals surface area contributed by atoms with Crippen LogP contribution < -0.4 is 0 Å². The highest BCUT2D eigenvalue weighted by atomic mass is 15.2. The zero-order valence-electron chi connectivity index (χ0n) is 29.0. The molecule has 1 aliphatic rings. The maximum Gasteiger partial charge on any atom is 0.238 e. The van der Waals surface area contributed by atoms with E-state index in [-0.39, 0.29) is 5.41 Å². The molecule has 52 heavy (non-hydrogen) atoms. The third kappa shape index (κ3) is 4.72. The van der Waals surface area contributed by atoms with Gasteiger partial charge in [-0.2, -0.15) is 9.97 Å². The average molecular weight is 667 g/mol. The molecular formula is C48H34N4. The summed E-state index contributed by atoms with van der Waals surface area (Å²) in [6.07, 6.45) is 0. The number of benzene rings is 7. The summed E-state index contributed by atoms with van der Waals surface area (Å²) in [5, 5.41) is 2.44. The molecule has 0 saturated carbocycles. The fourth-order valence-electron chi connectivity index (χ4n) is 8.20. The Bertz CT molecular complexity index is 2810. The normalized spacial score (nSPS) is 13.0. The van der Waals surface area contributed by atoms with Gasteiger partial charge in [0.25, 0.3) is 0 Å². The van der Waals surface area contributed by atoms with Gasteiger partial charge in [-0.1, -0.05) is 159 Å². The molecule has 0 aliphatic heterocycles. The fraction of sp³-hybridized carbons (Fsp3) is 0.0625. The second-order valence-electron chi connectivity index (χ2n) is 14.1. The van der Waals surface area contributed by atoms with E-state index in [2.05, 4.69) is 170 Å². The van der Waals surface area contributed by atoms with Gasteiger partial charge in [-0.3, -0.25) is 4.57 Å². The van der Waals surface area contributed by atoms with Crippen molar-refractivity contribution in [3.8, 4) is 62.1 Å². The van der Waals surface area contributed by atoms with Crippen molar-refractivity contribution >= 4 is 21.8 Å². The maximum atomic E-state index is 5.28. The van der Waals surface area contributed by atoms with Crippen molar-refractivity contribution < 1.29 is 0 Å². The number of hydrogen-bond acceptors (Lipinski definition) is 3. The SMILES string of the molecule is CC1(C)c2ccccc2-c2ccc3c(c21)c1ccccc1n3-c1nc(-c2ccccc2)nc(-c2cccc(-c3cccc(-c4ccccc4)c3)c2)n1. The summed E-state index contributed by atoms with van der Waals surface area (Å²) < 4.78 is 2.23. The zero-order chi connectivity index (χ0) is 34.8. The van der Waals surface area contributed by atoms with E-state index in [4.69, 9.17) is 15.0 Å². The van der Waals surface area contributed by atoms with Crippen molar-refractivity contribution in [3.63, 3.8) is 0 Å². The van der Waals surface area contributed by atoms with Crippen LogP contribution in [-0.2, 0) is 5.41 Å². The molecule has 0 amide bonds.